The minimum atomic E-state index is -0.337. The Bertz CT molecular complexity index is 535. The zero-order valence-electron chi connectivity index (χ0n) is 22.6. The first-order valence-electron chi connectivity index (χ1n) is 14.6. The van der Waals surface area contributed by atoms with Crippen molar-refractivity contribution in [3.8, 4) is 0 Å². The van der Waals surface area contributed by atoms with E-state index in [2.05, 4.69) is 44.2 Å². The van der Waals surface area contributed by atoms with Crippen LogP contribution in [0.25, 0.3) is 0 Å². The first-order valence-corrected chi connectivity index (χ1v) is 14.6. The molecule has 0 radical (unpaired) electrons. The molecule has 198 valence electrons. The molecule has 34 heavy (non-hydrogen) atoms. The van der Waals surface area contributed by atoms with Crippen LogP contribution in [-0.4, -0.2) is 26.5 Å². The van der Waals surface area contributed by atoms with E-state index in [-0.39, 0.29) is 12.3 Å². The standard InChI is InChI=1S/C31H55FO2/c1-3-5-6-7-8-9-10-11-12-15-21-26-31(34-4-2,30-24-19-18-20-25-30)29-33-28-23-17-14-13-16-22-27-32/h18-20,24-25H,3-17,21-23,26-29H2,1-2H3. The summed E-state index contributed by atoms with van der Waals surface area (Å²) in [5, 5.41) is 0. The number of benzene rings is 1. The fourth-order valence-electron chi connectivity index (χ4n) is 4.83. The Morgan fingerprint density at radius 1 is 0.647 bits per heavy atom. The van der Waals surface area contributed by atoms with Crippen LogP contribution in [0.4, 0.5) is 4.39 Å². The third-order valence-electron chi connectivity index (χ3n) is 6.91. The van der Waals surface area contributed by atoms with E-state index in [1.165, 1.54) is 82.6 Å². The van der Waals surface area contributed by atoms with Crippen LogP contribution in [-0.2, 0) is 15.1 Å². The molecule has 2 nitrogen and oxygen atoms in total. The number of halogens is 1. The number of hydrogen-bond donors (Lipinski definition) is 0. The van der Waals surface area contributed by atoms with Crippen LogP contribution in [0.2, 0.25) is 0 Å². The monoisotopic (exact) mass is 478 g/mol. The van der Waals surface area contributed by atoms with Gasteiger partial charge in [-0.1, -0.05) is 134 Å². The molecule has 0 amide bonds. The Balaban J connectivity index is 2.37. The van der Waals surface area contributed by atoms with Gasteiger partial charge in [0, 0.05) is 13.2 Å². The lowest BCUT2D eigenvalue weighted by atomic mass is 9.88. The van der Waals surface area contributed by atoms with Gasteiger partial charge in [-0.05, 0) is 31.7 Å². The fraction of sp³-hybridized carbons (Fsp3) is 0.806. The molecular weight excluding hydrogens is 423 g/mol. The van der Waals surface area contributed by atoms with Crippen molar-refractivity contribution in [2.24, 2.45) is 0 Å². The molecular formula is C31H55FO2. The highest BCUT2D eigenvalue weighted by Gasteiger charge is 2.32. The summed E-state index contributed by atoms with van der Waals surface area (Å²) in [6, 6.07) is 10.7. The maximum Gasteiger partial charge on any atom is 0.116 e. The summed E-state index contributed by atoms with van der Waals surface area (Å²) in [5.41, 5.74) is 0.909. The Kier molecular flexibility index (Phi) is 20.6. The van der Waals surface area contributed by atoms with Gasteiger partial charge in [-0.15, -0.1) is 0 Å². The predicted octanol–water partition coefficient (Wildman–Crippen LogP) is 9.95. The van der Waals surface area contributed by atoms with Gasteiger partial charge < -0.3 is 9.47 Å². The number of rotatable bonds is 25. The van der Waals surface area contributed by atoms with Crippen molar-refractivity contribution in [2.45, 2.75) is 135 Å². The Morgan fingerprint density at radius 2 is 1.18 bits per heavy atom. The van der Waals surface area contributed by atoms with Gasteiger partial charge in [0.1, 0.15) is 5.60 Å². The second-order valence-corrected chi connectivity index (χ2v) is 9.94. The van der Waals surface area contributed by atoms with Crippen LogP contribution in [0.1, 0.15) is 135 Å². The summed E-state index contributed by atoms with van der Waals surface area (Å²) in [4.78, 5) is 0. The van der Waals surface area contributed by atoms with Crippen molar-refractivity contribution in [3.05, 3.63) is 35.9 Å². The summed E-state index contributed by atoms with van der Waals surface area (Å²) in [6.45, 7) is 6.31. The fourth-order valence-corrected chi connectivity index (χ4v) is 4.83. The van der Waals surface area contributed by atoms with Crippen molar-refractivity contribution in [1.29, 1.82) is 0 Å². The molecule has 0 fully saturated rings. The number of hydrogen-bond acceptors (Lipinski definition) is 2. The number of alkyl halides is 1. The molecule has 0 bridgehead atoms. The van der Waals surface area contributed by atoms with Crippen LogP contribution in [0.5, 0.6) is 0 Å². The lowest BCUT2D eigenvalue weighted by Crippen LogP contribution is -2.35. The zero-order valence-corrected chi connectivity index (χ0v) is 22.6. The molecule has 0 N–H and O–H groups in total. The minimum Gasteiger partial charge on any atom is -0.378 e. The highest BCUT2D eigenvalue weighted by Crippen LogP contribution is 2.33. The van der Waals surface area contributed by atoms with Gasteiger partial charge in [-0.3, -0.25) is 4.39 Å². The van der Waals surface area contributed by atoms with E-state index < -0.39 is 0 Å². The molecule has 0 saturated heterocycles. The maximum atomic E-state index is 12.2. The molecule has 3 heteroatoms. The smallest absolute Gasteiger partial charge is 0.116 e. The quantitative estimate of drug-likeness (QED) is 0.130. The molecule has 0 aliphatic rings. The van der Waals surface area contributed by atoms with E-state index in [0.717, 1.165) is 38.7 Å². The topological polar surface area (TPSA) is 18.5 Å². The van der Waals surface area contributed by atoms with Crippen molar-refractivity contribution >= 4 is 0 Å². The molecule has 1 atom stereocenters. The second kappa shape index (κ2) is 22.5. The lowest BCUT2D eigenvalue weighted by molar-refractivity contribution is -0.106. The van der Waals surface area contributed by atoms with E-state index in [1.54, 1.807) is 0 Å². The molecule has 1 aromatic rings. The molecule has 0 aromatic heterocycles. The molecule has 0 heterocycles. The SMILES string of the molecule is CCCCCCCCCCCCCC(COCCCCCCCCF)(OCC)c1ccccc1. The van der Waals surface area contributed by atoms with Crippen LogP contribution in [0, 0.1) is 0 Å². The second-order valence-electron chi connectivity index (χ2n) is 9.94. The maximum absolute atomic E-state index is 12.2. The molecule has 0 aliphatic carbocycles. The van der Waals surface area contributed by atoms with Gasteiger partial charge in [-0.25, -0.2) is 0 Å². The Labute approximate surface area is 211 Å². The summed E-state index contributed by atoms with van der Waals surface area (Å²) in [6.07, 6.45) is 22.2. The lowest BCUT2D eigenvalue weighted by Gasteiger charge is -2.34. The summed E-state index contributed by atoms with van der Waals surface area (Å²) in [7, 11) is 0. The molecule has 1 unspecified atom stereocenters. The molecule has 1 aromatic carbocycles. The number of unbranched alkanes of at least 4 members (excludes halogenated alkanes) is 15. The normalized spacial score (nSPS) is 13.3. The van der Waals surface area contributed by atoms with E-state index >= 15 is 0 Å². The molecule has 0 aliphatic heterocycles. The summed E-state index contributed by atoms with van der Waals surface area (Å²) in [5.74, 6) is 0. The van der Waals surface area contributed by atoms with Gasteiger partial charge in [0.05, 0.1) is 13.3 Å². The highest BCUT2D eigenvalue weighted by molar-refractivity contribution is 5.23. The van der Waals surface area contributed by atoms with E-state index in [1.807, 2.05) is 0 Å². The van der Waals surface area contributed by atoms with Crippen LogP contribution >= 0.6 is 0 Å². The average molecular weight is 479 g/mol. The van der Waals surface area contributed by atoms with Crippen LogP contribution < -0.4 is 0 Å². The van der Waals surface area contributed by atoms with Crippen LogP contribution in [0.3, 0.4) is 0 Å². The van der Waals surface area contributed by atoms with Gasteiger partial charge in [0.15, 0.2) is 0 Å². The molecule has 1 rings (SSSR count). The Morgan fingerprint density at radius 3 is 1.74 bits per heavy atom. The van der Waals surface area contributed by atoms with Gasteiger partial charge in [0.25, 0.3) is 0 Å². The molecule has 0 saturated carbocycles. The van der Waals surface area contributed by atoms with Gasteiger partial charge >= 0.3 is 0 Å². The zero-order chi connectivity index (χ0) is 24.6. The van der Waals surface area contributed by atoms with Gasteiger partial charge in [0.2, 0.25) is 0 Å². The summed E-state index contributed by atoms with van der Waals surface area (Å²) >= 11 is 0. The summed E-state index contributed by atoms with van der Waals surface area (Å²) < 4.78 is 24.8. The third kappa shape index (κ3) is 15.1. The first-order chi connectivity index (χ1) is 16.8. The molecule has 0 spiro atoms. The number of ether oxygens (including phenoxy) is 2. The average Bonchev–Trinajstić information content (AvgIpc) is 2.86. The van der Waals surface area contributed by atoms with Crippen LogP contribution in [0.15, 0.2) is 30.3 Å². The highest BCUT2D eigenvalue weighted by atomic mass is 19.1. The predicted molar refractivity (Wildman–Crippen MR) is 145 cm³/mol. The Hall–Kier alpha value is -0.930. The van der Waals surface area contributed by atoms with E-state index in [9.17, 15) is 4.39 Å². The van der Waals surface area contributed by atoms with Gasteiger partial charge in [-0.2, -0.15) is 0 Å². The van der Waals surface area contributed by atoms with E-state index in [0.29, 0.717) is 19.6 Å². The van der Waals surface area contributed by atoms with E-state index in [4.69, 9.17) is 9.47 Å². The van der Waals surface area contributed by atoms with Crippen molar-refractivity contribution < 1.29 is 13.9 Å². The largest absolute Gasteiger partial charge is 0.378 e. The third-order valence-corrected chi connectivity index (χ3v) is 6.91. The van der Waals surface area contributed by atoms with Crippen molar-refractivity contribution in [3.63, 3.8) is 0 Å². The first kappa shape index (κ1) is 31.1. The van der Waals surface area contributed by atoms with Crippen molar-refractivity contribution in [1.82, 2.24) is 0 Å². The van der Waals surface area contributed by atoms with Crippen molar-refractivity contribution in [2.75, 3.05) is 26.5 Å². The minimum absolute atomic E-state index is 0.179.